The molecule has 0 radical (unpaired) electrons. The summed E-state index contributed by atoms with van der Waals surface area (Å²) >= 11 is 0. The van der Waals surface area contributed by atoms with Crippen molar-refractivity contribution in [2.45, 2.75) is 45.6 Å². The molecule has 2 aromatic rings. The Morgan fingerprint density at radius 1 is 1.25 bits per heavy atom. The Kier molecular flexibility index (Phi) is 6.03. The van der Waals surface area contributed by atoms with Crippen LogP contribution in [0, 0.1) is 6.92 Å². The van der Waals surface area contributed by atoms with E-state index in [0.717, 1.165) is 56.9 Å². The number of ether oxygens (including phenoxy) is 1. The highest BCUT2D eigenvalue weighted by Crippen LogP contribution is 2.31. The average Bonchev–Trinajstić information content (AvgIpc) is 3.17. The van der Waals surface area contributed by atoms with Crippen molar-refractivity contribution >= 4 is 11.4 Å². The Hall–Kier alpha value is -2.24. The van der Waals surface area contributed by atoms with Gasteiger partial charge in [-0.2, -0.15) is 0 Å². The zero-order valence-electron chi connectivity index (χ0n) is 16.7. The number of hydrogen-bond acceptors (Lipinski definition) is 4. The van der Waals surface area contributed by atoms with E-state index in [9.17, 15) is 4.79 Å². The van der Waals surface area contributed by atoms with Crippen LogP contribution in [0.4, 0.5) is 0 Å². The van der Waals surface area contributed by atoms with Gasteiger partial charge in [0.2, 0.25) is 5.78 Å². The molecule has 0 unspecified atom stereocenters. The zero-order chi connectivity index (χ0) is 19.3. The van der Waals surface area contributed by atoms with Crippen molar-refractivity contribution in [2.24, 2.45) is 0 Å². The molecule has 1 aliphatic heterocycles. The van der Waals surface area contributed by atoms with Gasteiger partial charge in [0.1, 0.15) is 0 Å². The molecule has 0 bridgehead atoms. The first-order valence-corrected chi connectivity index (χ1v) is 10.3. The number of carbonyl (C=O) groups is 1. The van der Waals surface area contributed by atoms with Crippen LogP contribution in [0.3, 0.4) is 0 Å². The van der Waals surface area contributed by atoms with Crippen LogP contribution in [0.1, 0.15) is 58.7 Å². The van der Waals surface area contributed by atoms with E-state index in [1.807, 2.05) is 6.92 Å². The fourth-order valence-electron chi connectivity index (χ4n) is 4.09. The van der Waals surface area contributed by atoms with Crippen molar-refractivity contribution in [2.75, 3.05) is 26.3 Å². The average molecular weight is 380 g/mol. The van der Waals surface area contributed by atoms with Crippen molar-refractivity contribution in [3.8, 4) is 0 Å². The van der Waals surface area contributed by atoms with E-state index >= 15 is 0 Å². The van der Waals surface area contributed by atoms with E-state index in [1.54, 1.807) is 6.20 Å². The first-order chi connectivity index (χ1) is 13.7. The third kappa shape index (κ3) is 4.59. The van der Waals surface area contributed by atoms with Crippen molar-refractivity contribution in [1.82, 2.24) is 14.9 Å². The second-order valence-electron chi connectivity index (χ2n) is 7.87. The molecule has 0 amide bonds. The first-order valence-electron chi connectivity index (χ1n) is 10.3. The maximum atomic E-state index is 12.7. The largest absolute Gasteiger partial charge is 0.379 e. The number of Topliss-reactive ketones (excluding diaryl/α,β-unsaturated/α-hetero) is 1. The number of morpholine rings is 1. The highest BCUT2D eigenvalue weighted by molar-refractivity contribution is 5.95. The molecule has 1 N–H and O–H groups in total. The lowest BCUT2D eigenvalue weighted by atomic mass is 9.88. The summed E-state index contributed by atoms with van der Waals surface area (Å²) in [6, 6.07) is 6.63. The summed E-state index contributed by atoms with van der Waals surface area (Å²) in [6.07, 6.45) is 9.18. The molecule has 148 valence electrons. The lowest BCUT2D eigenvalue weighted by Crippen LogP contribution is -2.35. The van der Waals surface area contributed by atoms with Gasteiger partial charge >= 0.3 is 0 Å². The molecule has 1 aromatic heterocycles. The van der Waals surface area contributed by atoms with E-state index in [1.165, 1.54) is 29.5 Å². The Balaban J connectivity index is 1.58. The zero-order valence-corrected chi connectivity index (χ0v) is 16.7. The molecule has 0 atom stereocenters. The highest BCUT2D eigenvalue weighted by atomic mass is 16.5. The Labute approximate surface area is 166 Å². The number of imidazole rings is 1. The topological polar surface area (TPSA) is 58.2 Å². The maximum Gasteiger partial charge on any atom is 0.202 e. The summed E-state index contributed by atoms with van der Waals surface area (Å²) in [5.41, 5.74) is 5.99. The molecular weight excluding hydrogens is 350 g/mol. The minimum absolute atomic E-state index is 0.0479. The minimum atomic E-state index is 0.0479. The summed E-state index contributed by atoms with van der Waals surface area (Å²) in [4.78, 5) is 22.4. The van der Waals surface area contributed by atoms with E-state index in [4.69, 9.17) is 4.74 Å². The molecule has 2 heterocycles. The lowest BCUT2D eigenvalue weighted by molar-refractivity contribution is 0.0342. The van der Waals surface area contributed by atoms with E-state index in [-0.39, 0.29) is 5.78 Å². The van der Waals surface area contributed by atoms with Crippen molar-refractivity contribution in [3.05, 3.63) is 58.7 Å². The number of nitrogens with zero attached hydrogens (tertiary/aromatic N) is 2. The fraction of sp³-hybridized carbons (Fsp3) is 0.478. The number of aromatic amines is 1. The molecule has 28 heavy (non-hydrogen) atoms. The molecule has 2 aliphatic rings. The minimum Gasteiger partial charge on any atom is -0.379 e. The van der Waals surface area contributed by atoms with Gasteiger partial charge in [-0.15, -0.1) is 0 Å². The Bertz CT molecular complexity index is 862. The molecule has 1 saturated heterocycles. The maximum absolute atomic E-state index is 12.7. The molecule has 0 saturated carbocycles. The molecule has 1 aromatic carbocycles. The van der Waals surface area contributed by atoms with Crippen LogP contribution in [-0.4, -0.2) is 47.0 Å². The summed E-state index contributed by atoms with van der Waals surface area (Å²) in [6.45, 7) is 6.45. The van der Waals surface area contributed by atoms with Crippen LogP contribution in [0.15, 0.2) is 30.5 Å². The number of carbonyl (C=O) groups excluding carboxylic acids is 1. The Morgan fingerprint density at radius 3 is 2.82 bits per heavy atom. The van der Waals surface area contributed by atoms with Crippen LogP contribution >= 0.6 is 0 Å². The smallest absolute Gasteiger partial charge is 0.202 e. The van der Waals surface area contributed by atoms with Crippen LogP contribution in [-0.2, 0) is 17.7 Å². The molecule has 4 rings (SSSR count). The van der Waals surface area contributed by atoms with Crippen molar-refractivity contribution in [3.63, 3.8) is 0 Å². The molecule has 5 heteroatoms. The van der Waals surface area contributed by atoms with Gasteiger partial charge in [0.15, 0.2) is 5.82 Å². The third-order valence-electron chi connectivity index (χ3n) is 5.64. The number of aromatic nitrogens is 2. The van der Waals surface area contributed by atoms with Gasteiger partial charge in [-0.1, -0.05) is 18.2 Å². The van der Waals surface area contributed by atoms with Gasteiger partial charge in [-0.05, 0) is 60.9 Å². The number of aryl methyl sites for hydroxylation is 1. The van der Waals surface area contributed by atoms with E-state index < -0.39 is 0 Å². The number of nitrogens with one attached hydrogen (secondary N) is 1. The molecule has 1 aliphatic carbocycles. The number of hydrogen-bond donors (Lipinski definition) is 1. The first kappa shape index (κ1) is 19.1. The summed E-state index contributed by atoms with van der Waals surface area (Å²) in [5, 5.41) is 0. The SMILES string of the molecule is Cc1cnc(C(=O)Cc2ccc(CN3CCOCC3)cc2C2=CCCCC2)[nH]1. The lowest BCUT2D eigenvalue weighted by Gasteiger charge is -2.27. The fourth-order valence-corrected chi connectivity index (χ4v) is 4.09. The number of allylic oxidation sites excluding steroid dienone is 2. The summed E-state index contributed by atoms with van der Waals surface area (Å²) in [5.74, 6) is 0.505. The predicted octanol–water partition coefficient (Wildman–Crippen LogP) is 3.93. The van der Waals surface area contributed by atoms with Crippen LogP contribution in [0.25, 0.3) is 5.57 Å². The van der Waals surface area contributed by atoms with Gasteiger partial charge in [-0.25, -0.2) is 4.98 Å². The van der Waals surface area contributed by atoms with Gasteiger partial charge < -0.3 is 9.72 Å². The second-order valence-corrected chi connectivity index (χ2v) is 7.87. The van der Waals surface area contributed by atoms with Crippen molar-refractivity contribution < 1.29 is 9.53 Å². The predicted molar refractivity (Wildman–Crippen MR) is 110 cm³/mol. The number of rotatable bonds is 6. The molecule has 5 nitrogen and oxygen atoms in total. The van der Waals surface area contributed by atoms with Crippen LogP contribution in [0.5, 0.6) is 0 Å². The quantitative estimate of drug-likeness (QED) is 0.773. The normalized spacial score (nSPS) is 18.1. The van der Waals surface area contributed by atoms with Crippen LogP contribution in [0.2, 0.25) is 0 Å². The second kappa shape index (κ2) is 8.84. The summed E-state index contributed by atoms with van der Waals surface area (Å²) < 4.78 is 5.47. The highest BCUT2D eigenvalue weighted by Gasteiger charge is 2.18. The molecular formula is C23H29N3O2. The summed E-state index contributed by atoms with van der Waals surface area (Å²) in [7, 11) is 0. The Morgan fingerprint density at radius 2 is 2.11 bits per heavy atom. The molecule has 1 fully saturated rings. The number of ketones is 1. The van der Waals surface area contributed by atoms with Crippen molar-refractivity contribution in [1.29, 1.82) is 0 Å². The monoisotopic (exact) mass is 379 g/mol. The van der Waals surface area contributed by atoms with E-state index in [0.29, 0.717) is 12.2 Å². The third-order valence-corrected chi connectivity index (χ3v) is 5.64. The number of H-pyrrole nitrogens is 1. The molecule has 0 spiro atoms. The number of benzene rings is 1. The van der Waals surface area contributed by atoms with Gasteiger partial charge in [0.25, 0.3) is 0 Å². The standard InChI is InChI=1S/C23H29N3O2/c1-17-15-24-23(25-17)22(27)14-20-8-7-18(16-26-9-11-28-12-10-26)13-21(20)19-5-3-2-4-6-19/h5,7-8,13,15H,2-4,6,9-12,14,16H2,1H3,(H,24,25). The van der Waals surface area contributed by atoms with Crippen LogP contribution < -0.4 is 0 Å². The van der Waals surface area contributed by atoms with Gasteiger partial charge in [-0.3, -0.25) is 9.69 Å². The van der Waals surface area contributed by atoms with Gasteiger partial charge in [0, 0.05) is 37.9 Å². The van der Waals surface area contributed by atoms with E-state index in [2.05, 4.69) is 39.1 Å². The van der Waals surface area contributed by atoms with Gasteiger partial charge in [0.05, 0.1) is 13.2 Å².